The Balaban J connectivity index is 1.78. The van der Waals surface area contributed by atoms with Gasteiger partial charge in [0.25, 0.3) is 0 Å². The van der Waals surface area contributed by atoms with Gasteiger partial charge in [0.05, 0.1) is 18.9 Å². The number of halogens is 1. The van der Waals surface area contributed by atoms with E-state index in [4.69, 9.17) is 9.47 Å². The number of hydrogen-bond acceptors (Lipinski definition) is 5. The van der Waals surface area contributed by atoms with Crippen molar-refractivity contribution in [2.45, 2.75) is 45.8 Å². The van der Waals surface area contributed by atoms with Gasteiger partial charge in [0, 0.05) is 5.56 Å². The highest BCUT2D eigenvalue weighted by Crippen LogP contribution is 2.37. The minimum atomic E-state index is -0.986. The highest BCUT2D eigenvalue weighted by Gasteiger charge is 2.51. The molecule has 0 aromatic heterocycles. The predicted molar refractivity (Wildman–Crippen MR) is 103 cm³/mol. The predicted octanol–water partition coefficient (Wildman–Crippen LogP) is 3.24. The summed E-state index contributed by atoms with van der Waals surface area (Å²) in [5.74, 6) is -2.11. The van der Waals surface area contributed by atoms with Crippen LogP contribution in [0.25, 0.3) is 0 Å². The number of carbonyl (C=O) groups is 3. The van der Waals surface area contributed by atoms with Crippen molar-refractivity contribution in [2.75, 3.05) is 7.11 Å². The van der Waals surface area contributed by atoms with E-state index in [9.17, 15) is 18.8 Å². The standard InChI is InChI=1S/C22H26FNO5/c1-13(2)10-18(24-20(25)16-6-4-5-7-17(16)21(24)26)22(27)29-12-14-11-15(23)8-9-19(14)28-3/h4-5,8-9,11,13,16-18H,6-7,10,12H2,1-3H3/t16-,17-,18-/m0/s1. The number of ether oxygens (including phenoxy) is 2. The number of fused-ring (bicyclic) bond motifs is 1. The Morgan fingerprint density at radius 1 is 1.17 bits per heavy atom. The Kier molecular flexibility index (Phi) is 6.35. The second-order valence-electron chi connectivity index (χ2n) is 7.91. The normalized spacial score (nSPS) is 22.0. The van der Waals surface area contributed by atoms with Gasteiger partial charge in [-0.2, -0.15) is 0 Å². The van der Waals surface area contributed by atoms with Crippen LogP contribution in [0.5, 0.6) is 5.75 Å². The lowest BCUT2D eigenvalue weighted by atomic mass is 9.85. The number of allylic oxidation sites excluding steroid dienone is 2. The smallest absolute Gasteiger partial charge is 0.329 e. The van der Waals surface area contributed by atoms with Crippen molar-refractivity contribution in [2.24, 2.45) is 17.8 Å². The van der Waals surface area contributed by atoms with Crippen LogP contribution in [0, 0.1) is 23.6 Å². The Bertz CT molecular complexity index is 808. The second-order valence-corrected chi connectivity index (χ2v) is 7.91. The SMILES string of the molecule is COc1ccc(F)cc1COC(=O)[C@H](CC(C)C)N1C(=O)[C@H]2CC=CC[C@@H]2C1=O. The molecule has 0 saturated carbocycles. The van der Waals surface area contributed by atoms with Crippen LogP contribution in [0.15, 0.2) is 30.4 Å². The number of esters is 1. The number of hydrogen-bond donors (Lipinski definition) is 0. The second kappa shape index (κ2) is 8.76. The Labute approximate surface area is 169 Å². The average molecular weight is 403 g/mol. The van der Waals surface area contributed by atoms with Crippen molar-refractivity contribution in [1.29, 1.82) is 0 Å². The summed E-state index contributed by atoms with van der Waals surface area (Å²) in [4.78, 5) is 39.8. The lowest BCUT2D eigenvalue weighted by Crippen LogP contribution is -2.47. The van der Waals surface area contributed by atoms with Gasteiger partial charge in [0.15, 0.2) is 0 Å². The molecule has 3 atom stereocenters. The summed E-state index contributed by atoms with van der Waals surface area (Å²) in [6, 6.07) is 2.95. The van der Waals surface area contributed by atoms with Gasteiger partial charge in [-0.05, 0) is 43.4 Å². The zero-order valence-electron chi connectivity index (χ0n) is 16.9. The molecule has 7 heteroatoms. The molecule has 0 radical (unpaired) electrons. The molecule has 29 heavy (non-hydrogen) atoms. The van der Waals surface area contributed by atoms with Crippen LogP contribution in [-0.2, 0) is 25.7 Å². The van der Waals surface area contributed by atoms with Crippen molar-refractivity contribution in [3.8, 4) is 5.75 Å². The van der Waals surface area contributed by atoms with Gasteiger partial charge in [-0.25, -0.2) is 9.18 Å². The molecule has 0 bridgehead atoms. The van der Waals surface area contributed by atoms with E-state index in [0.29, 0.717) is 30.6 Å². The fourth-order valence-electron chi connectivity index (χ4n) is 3.99. The molecule has 2 aliphatic rings. The third kappa shape index (κ3) is 4.33. The molecule has 1 aromatic rings. The summed E-state index contributed by atoms with van der Waals surface area (Å²) in [6.07, 6.45) is 5.14. The summed E-state index contributed by atoms with van der Waals surface area (Å²) < 4.78 is 24.1. The van der Waals surface area contributed by atoms with E-state index in [-0.39, 0.29) is 24.3 Å². The molecule has 1 heterocycles. The molecule has 3 rings (SSSR count). The molecule has 6 nitrogen and oxygen atoms in total. The van der Waals surface area contributed by atoms with Gasteiger partial charge in [0.1, 0.15) is 24.2 Å². The van der Waals surface area contributed by atoms with Crippen LogP contribution in [0.4, 0.5) is 4.39 Å². The van der Waals surface area contributed by atoms with Crippen molar-refractivity contribution < 1.29 is 28.2 Å². The molecule has 0 unspecified atom stereocenters. The number of rotatable bonds is 7. The maximum Gasteiger partial charge on any atom is 0.329 e. The van der Waals surface area contributed by atoms with Gasteiger partial charge in [-0.15, -0.1) is 0 Å². The Morgan fingerprint density at radius 2 is 1.79 bits per heavy atom. The molecule has 1 aromatic carbocycles. The van der Waals surface area contributed by atoms with Crippen LogP contribution in [0.1, 0.15) is 38.7 Å². The third-order valence-corrected chi connectivity index (χ3v) is 5.43. The van der Waals surface area contributed by atoms with Crippen LogP contribution >= 0.6 is 0 Å². The van der Waals surface area contributed by atoms with Crippen LogP contribution < -0.4 is 4.74 Å². The first-order valence-electron chi connectivity index (χ1n) is 9.84. The third-order valence-electron chi connectivity index (χ3n) is 5.43. The van der Waals surface area contributed by atoms with Crippen LogP contribution in [0.2, 0.25) is 0 Å². The van der Waals surface area contributed by atoms with Crippen LogP contribution in [-0.4, -0.2) is 35.8 Å². The van der Waals surface area contributed by atoms with Gasteiger partial charge in [-0.1, -0.05) is 26.0 Å². The van der Waals surface area contributed by atoms with E-state index >= 15 is 0 Å². The van der Waals surface area contributed by atoms with E-state index in [1.165, 1.54) is 25.3 Å². The molecular weight excluding hydrogens is 377 g/mol. The summed E-state index contributed by atoms with van der Waals surface area (Å²) in [7, 11) is 1.44. The molecule has 0 N–H and O–H groups in total. The number of amides is 2. The minimum Gasteiger partial charge on any atom is -0.496 e. The topological polar surface area (TPSA) is 72.9 Å². The molecule has 2 amide bonds. The monoisotopic (exact) mass is 403 g/mol. The molecule has 156 valence electrons. The first-order valence-corrected chi connectivity index (χ1v) is 9.84. The largest absolute Gasteiger partial charge is 0.496 e. The fourth-order valence-corrected chi connectivity index (χ4v) is 3.99. The molecular formula is C22H26FNO5. The zero-order chi connectivity index (χ0) is 21.1. The van der Waals surface area contributed by atoms with E-state index in [2.05, 4.69) is 0 Å². The van der Waals surface area contributed by atoms with Gasteiger partial charge < -0.3 is 9.47 Å². The number of nitrogens with zero attached hydrogens (tertiary/aromatic N) is 1. The Morgan fingerprint density at radius 3 is 2.34 bits per heavy atom. The van der Waals surface area contributed by atoms with Crippen LogP contribution in [0.3, 0.4) is 0 Å². The van der Waals surface area contributed by atoms with E-state index < -0.39 is 29.7 Å². The summed E-state index contributed by atoms with van der Waals surface area (Å²) in [5, 5.41) is 0. The molecule has 0 spiro atoms. The van der Waals surface area contributed by atoms with Gasteiger partial charge >= 0.3 is 5.97 Å². The molecule has 1 fully saturated rings. The first kappa shape index (κ1) is 21.0. The number of methoxy groups -OCH3 is 1. The number of benzene rings is 1. The van der Waals surface area contributed by atoms with E-state index in [1.54, 1.807) is 0 Å². The molecule has 1 aliphatic carbocycles. The maximum absolute atomic E-state index is 13.6. The number of imide groups is 1. The average Bonchev–Trinajstić information content (AvgIpc) is 2.95. The van der Waals surface area contributed by atoms with E-state index in [1.807, 2.05) is 26.0 Å². The lowest BCUT2D eigenvalue weighted by molar-refractivity contribution is -0.160. The highest BCUT2D eigenvalue weighted by atomic mass is 19.1. The minimum absolute atomic E-state index is 0.0672. The zero-order valence-corrected chi connectivity index (χ0v) is 16.9. The summed E-state index contributed by atoms with van der Waals surface area (Å²) >= 11 is 0. The first-order chi connectivity index (χ1) is 13.8. The lowest BCUT2D eigenvalue weighted by Gasteiger charge is -2.26. The highest BCUT2D eigenvalue weighted by molar-refractivity contribution is 6.08. The van der Waals surface area contributed by atoms with Crippen molar-refractivity contribution >= 4 is 17.8 Å². The molecule has 1 aliphatic heterocycles. The van der Waals surface area contributed by atoms with Gasteiger partial charge in [0.2, 0.25) is 11.8 Å². The number of carbonyl (C=O) groups excluding carboxylic acids is 3. The van der Waals surface area contributed by atoms with Crippen molar-refractivity contribution in [3.63, 3.8) is 0 Å². The summed E-state index contributed by atoms with van der Waals surface area (Å²) in [6.45, 7) is 3.62. The summed E-state index contributed by atoms with van der Waals surface area (Å²) in [5.41, 5.74) is 0.376. The van der Waals surface area contributed by atoms with E-state index in [0.717, 1.165) is 4.90 Å². The Hall–Kier alpha value is -2.70. The quantitative estimate of drug-likeness (QED) is 0.397. The number of likely N-dealkylation sites (tertiary alicyclic amines) is 1. The van der Waals surface area contributed by atoms with Crippen molar-refractivity contribution in [3.05, 3.63) is 41.7 Å². The van der Waals surface area contributed by atoms with Crippen molar-refractivity contribution in [1.82, 2.24) is 4.90 Å². The maximum atomic E-state index is 13.6. The van der Waals surface area contributed by atoms with Gasteiger partial charge in [-0.3, -0.25) is 14.5 Å². The fraction of sp³-hybridized carbons (Fsp3) is 0.500. The molecule has 1 saturated heterocycles.